The molecule has 0 aromatic heterocycles. The molecule has 3 rings (SSSR count). The van der Waals surface area contributed by atoms with Crippen molar-refractivity contribution in [3.8, 4) is 11.5 Å². The van der Waals surface area contributed by atoms with Gasteiger partial charge in [-0.15, -0.1) is 0 Å². The first-order valence-corrected chi connectivity index (χ1v) is 10.7. The highest BCUT2D eigenvalue weighted by molar-refractivity contribution is 6.23. The molecular weight excluding hydrogens is 416 g/mol. The third-order valence-electron chi connectivity index (χ3n) is 5.65. The summed E-state index contributed by atoms with van der Waals surface area (Å²) in [4.78, 5) is 17.0. The fourth-order valence-corrected chi connectivity index (χ4v) is 3.66. The number of hydrogen-bond acceptors (Lipinski definition) is 6. The number of amidine groups is 1. The van der Waals surface area contributed by atoms with Crippen LogP contribution in [-0.4, -0.2) is 38.6 Å². The number of aliphatic imine (C=N–C) groups is 1. The largest absolute Gasteiger partial charge is 0.493 e. The number of methoxy groups -OCH3 is 2. The molecule has 2 aromatic rings. The van der Waals surface area contributed by atoms with Gasteiger partial charge in [0.1, 0.15) is 0 Å². The maximum atomic E-state index is 12.5. The van der Waals surface area contributed by atoms with Crippen molar-refractivity contribution >= 4 is 23.0 Å². The Morgan fingerprint density at radius 1 is 1.06 bits per heavy atom. The molecule has 0 atom stereocenters. The van der Waals surface area contributed by atoms with Crippen molar-refractivity contribution in [3.05, 3.63) is 76.5 Å². The van der Waals surface area contributed by atoms with Crippen LogP contribution in [0.1, 0.15) is 24.5 Å². The monoisotopic (exact) mass is 446 g/mol. The number of carbonyl (C=O) groups is 1. The van der Waals surface area contributed by atoms with E-state index in [1.807, 2.05) is 37.3 Å². The zero-order chi connectivity index (χ0) is 24.0. The van der Waals surface area contributed by atoms with Crippen molar-refractivity contribution in [1.29, 1.82) is 5.41 Å². The summed E-state index contributed by atoms with van der Waals surface area (Å²) in [5.74, 6) is 1.74. The molecule has 7 heteroatoms. The molecule has 33 heavy (non-hydrogen) atoms. The SMILES string of the molecule is CNC1=CC(=O)C(Cc2ccc(CCC(N)=Nc3ccc(OC)c(OC)c3)cc2)=C(C)C1=N. The predicted octanol–water partition coefficient (Wildman–Crippen LogP) is 3.89. The van der Waals surface area contributed by atoms with Crippen LogP contribution in [-0.2, 0) is 17.6 Å². The summed E-state index contributed by atoms with van der Waals surface area (Å²) in [6, 6.07) is 13.6. The van der Waals surface area contributed by atoms with Gasteiger partial charge in [-0.05, 0) is 42.2 Å². The molecule has 0 spiro atoms. The number of nitrogens with one attached hydrogen (secondary N) is 2. The van der Waals surface area contributed by atoms with Crippen molar-refractivity contribution in [2.24, 2.45) is 10.7 Å². The summed E-state index contributed by atoms with van der Waals surface area (Å²) in [7, 11) is 4.89. The van der Waals surface area contributed by atoms with E-state index in [1.54, 1.807) is 33.4 Å². The van der Waals surface area contributed by atoms with E-state index in [1.165, 1.54) is 6.08 Å². The lowest BCUT2D eigenvalue weighted by Crippen LogP contribution is -2.25. The zero-order valence-corrected chi connectivity index (χ0v) is 19.5. The summed E-state index contributed by atoms with van der Waals surface area (Å²) >= 11 is 0. The summed E-state index contributed by atoms with van der Waals surface area (Å²) < 4.78 is 10.5. The standard InChI is InChI=1S/C26H30N4O3/c1-16-20(22(31)15-21(29-2)26(16)28)13-18-7-5-17(6-8-18)9-12-25(27)30-19-10-11-23(32-3)24(14-19)33-4/h5-8,10-11,14-15,28-29H,9,12-13H2,1-4H3,(H2,27,30). The molecule has 172 valence electrons. The molecule has 0 radical (unpaired) electrons. The van der Waals surface area contributed by atoms with Crippen LogP contribution in [0.4, 0.5) is 5.69 Å². The minimum atomic E-state index is -0.0453. The van der Waals surface area contributed by atoms with Crippen molar-refractivity contribution in [3.63, 3.8) is 0 Å². The number of ketones is 1. The summed E-state index contributed by atoms with van der Waals surface area (Å²) in [6.45, 7) is 1.83. The van der Waals surface area contributed by atoms with E-state index >= 15 is 0 Å². The minimum absolute atomic E-state index is 0.0453. The molecule has 1 aliphatic carbocycles. The first kappa shape index (κ1) is 23.8. The van der Waals surface area contributed by atoms with Crippen molar-refractivity contribution in [1.82, 2.24) is 5.32 Å². The number of carbonyl (C=O) groups excluding carboxylic acids is 1. The highest BCUT2D eigenvalue weighted by atomic mass is 16.5. The molecule has 1 aliphatic rings. The Hall–Kier alpha value is -3.87. The van der Waals surface area contributed by atoms with Gasteiger partial charge in [0.2, 0.25) is 0 Å². The van der Waals surface area contributed by atoms with Crippen LogP contribution in [0, 0.1) is 5.41 Å². The lowest BCUT2D eigenvalue weighted by atomic mass is 9.89. The molecule has 4 N–H and O–H groups in total. The first-order chi connectivity index (χ1) is 15.9. The number of aryl methyl sites for hydroxylation is 1. The van der Waals surface area contributed by atoms with Crippen LogP contribution in [0.5, 0.6) is 11.5 Å². The van der Waals surface area contributed by atoms with E-state index in [-0.39, 0.29) is 5.78 Å². The van der Waals surface area contributed by atoms with Gasteiger partial charge in [0.15, 0.2) is 17.3 Å². The van der Waals surface area contributed by atoms with Gasteiger partial charge >= 0.3 is 0 Å². The van der Waals surface area contributed by atoms with Gasteiger partial charge in [0.25, 0.3) is 0 Å². The molecule has 0 unspecified atom stereocenters. The topological polar surface area (TPSA) is 110 Å². The number of hydrogen-bond donors (Lipinski definition) is 3. The van der Waals surface area contributed by atoms with E-state index in [0.717, 1.165) is 23.1 Å². The van der Waals surface area contributed by atoms with Gasteiger partial charge in [-0.1, -0.05) is 24.3 Å². The third kappa shape index (κ3) is 5.68. The van der Waals surface area contributed by atoms with Gasteiger partial charge in [-0.25, -0.2) is 4.99 Å². The Morgan fingerprint density at radius 2 is 1.73 bits per heavy atom. The highest BCUT2D eigenvalue weighted by Gasteiger charge is 2.22. The smallest absolute Gasteiger partial charge is 0.184 e. The highest BCUT2D eigenvalue weighted by Crippen LogP contribution is 2.31. The fraction of sp³-hybridized carbons (Fsp3) is 0.269. The lowest BCUT2D eigenvalue weighted by Gasteiger charge is -2.18. The maximum absolute atomic E-state index is 12.5. The lowest BCUT2D eigenvalue weighted by molar-refractivity contribution is -0.111. The second-order valence-electron chi connectivity index (χ2n) is 7.79. The van der Waals surface area contributed by atoms with Crippen molar-refractivity contribution in [2.75, 3.05) is 21.3 Å². The van der Waals surface area contributed by atoms with E-state index in [4.69, 9.17) is 20.6 Å². The molecule has 0 heterocycles. The molecule has 0 fully saturated rings. The van der Waals surface area contributed by atoms with E-state index in [9.17, 15) is 4.79 Å². The van der Waals surface area contributed by atoms with Crippen molar-refractivity contribution in [2.45, 2.75) is 26.2 Å². The average Bonchev–Trinajstić information content (AvgIpc) is 2.83. The normalized spacial score (nSPS) is 14.3. The quantitative estimate of drug-likeness (QED) is 0.308. The van der Waals surface area contributed by atoms with Gasteiger partial charge in [-0.2, -0.15) is 0 Å². The molecule has 2 aromatic carbocycles. The number of nitrogens with zero attached hydrogens (tertiary/aromatic N) is 1. The Bertz CT molecular complexity index is 1140. The minimum Gasteiger partial charge on any atom is -0.493 e. The average molecular weight is 447 g/mol. The Balaban J connectivity index is 1.62. The molecule has 0 amide bonds. The Morgan fingerprint density at radius 3 is 2.36 bits per heavy atom. The van der Waals surface area contributed by atoms with Crippen LogP contribution in [0.25, 0.3) is 0 Å². The van der Waals surface area contributed by atoms with Gasteiger partial charge in [0.05, 0.1) is 37.2 Å². The third-order valence-corrected chi connectivity index (χ3v) is 5.65. The van der Waals surface area contributed by atoms with Crippen molar-refractivity contribution < 1.29 is 14.3 Å². The van der Waals surface area contributed by atoms with Gasteiger partial charge < -0.3 is 20.5 Å². The first-order valence-electron chi connectivity index (χ1n) is 10.7. The number of allylic oxidation sites excluding steroid dienone is 3. The predicted molar refractivity (Wildman–Crippen MR) is 132 cm³/mol. The zero-order valence-electron chi connectivity index (χ0n) is 19.5. The van der Waals surface area contributed by atoms with Crippen LogP contribution >= 0.6 is 0 Å². The maximum Gasteiger partial charge on any atom is 0.184 e. The molecule has 0 saturated heterocycles. The number of ether oxygens (including phenoxy) is 2. The van der Waals surface area contributed by atoms with Crippen LogP contribution < -0.4 is 20.5 Å². The summed E-state index contributed by atoms with van der Waals surface area (Å²) in [5, 5.41) is 11.1. The fourth-order valence-electron chi connectivity index (χ4n) is 3.66. The van der Waals surface area contributed by atoms with Crippen LogP contribution in [0.15, 0.2) is 70.4 Å². The van der Waals surface area contributed by atoms with Crippen LogP contribution in [0.3, 0.4) is 0 Å². The van der Waals surface area contributed by atoms with Gasteiger partial charge in [-0.3, -0.25) is 10.2 Å². The Labute approximate surface area is 194 Å². The van der Waals surface area contributed by atoms with E-state index < -0.39 is 0 Å². The molecular formula is C26H30N4O3. The van der Waals surface area contributed by atoms with E-state index in [2.05, 4.69) is 10.3 Å². The number of rotatable bonds is 9. The van der Waals surface area contributed by atoms with E-state index in [0.29, 0.717) is 52.8 Å². The summed E-state index contributed by atoms with van der Waals surface area (Å²) in [5.41, 5.74) is 11.3. The second-order valence-corrected chi connectivity index (χ2v) is 7.79. The molecule has 0 aliphatic heterocycles. The summed E-state index contributed by atoms with van der Waals surface area (Å²) in [6.07, 6.45) is 3.37. The number of nitrogens with two attached hydrogens (primary N) is 1. The van der Waals surface area contributed by atoms with Crippen LogP contribution in [0.2, 0.25) is 0 Å². The molecule has 0 saturated carbocycles. The second kappa shape index (κ2) is 10.6. The van der Waals surface area contributed by atoms with Gasteiger partial charge in [0, 0.05) is 37.6 Å². The number of benzene rings is 2. The molecule has 7 nitrogen and oxygen atoms in total. The Kier molecular flexibility index (Phi) is 7.66. The molecule has 0 bridgehead atoms.